The van der Waals surface area contributed by atoms with Gasteiger partial charge in [0.1, 0.15) is 0 Å². The minimum absolute atomic E-state index is 0. The lowest BCUT2D eigenvalue weighted by Crippen LogP contribution is -2.44. The Bertz CT molecular complexity index is 1010. The summed E-state index contributed by atoms with van der Waals surface area (Å²) in [6.45, 7) is 3.67. The fraction of sp³-hybridized carbons (Fsp3) is 0.263. The third-order valence-electron chi connectivity index (χ3n) is 4.68. The van der Waals surface area contributed by atoms with Crippen LogP contribution < -0.4 is 9.62 Å². The summed E-state index contributed by atoms with van der Waals surface area (Å²) < 4.78 is 33.7. The van der Waals surface area contributed by atoms with Gasteiger partial charge in [0.05, 0.1) is 22.5 Å². The van der Waals surface area contributed by atoms with Gasteiger partial charge in [0.15, 0.2) is 5.58 Å². The fourth-order valence-electron chi connectivity index (χ4n) is 3.22. The van der Waals surface area contributed by atoms with E-state index in [1.54, 1.807) is 42.7 Å². The third kappa shape index (κ3) is 4.05. The number of nitrogens with zero attached hydrogens (tertiary/aromatic N) is 2. The van der Waals surface area contributed by atoms with Gasteiger partial charge in [-0.3, -0.25) is 4.72 Å². The number of furan rings is 1. The molecule has 8 heteroatoms. The van der Waals surface area contributed by atoms with Gasteiger partial charge in [-0.1, -0.05) is 18.2 Å². The molecule has 1 saturated heterocycles. The van der Waals surface area contributed by atoms with Crippen molar-refractivity contribution in [3.63, 3.8) is 0 Å². The van der Waals surface area contributed by atoms with E-state index in [9.17, 15) is 8.42 Å². The zero-order chi connectivity index (χ0) is 18.1. The summed E-state index contributed by atoms with van der Waals surface area (Å²) in [5.74, 6) is 0. The first-order valence-electron chi connectivity index (χ1n) is 8.55. The van der Waals surface area contributed by atoms with Crippen LogP contribution in [0.15, 0.2) is 64.1 Å². The van der Waals surface area contributed by atoms with E-state index in [4.69, 9.17) is 4.42 Å². The minimum Gasteiger partial charge on any atom is -0.462 e. The second-order valence-corrected chi connectivity index (χ2v) is 8.23. The van der Waals surface area contributed by atoms with E-state index in [1.807, 2.05) is 12.1 Å². The highest BCUT2D eigenvalue weighted by Crippen LogP contribution is 2.33. The van der Waals surface area contributed by atoms with E-state index in [0.29, 0.717) is 5.69 Å². The highest BCUT2D eigenvalue weighted by Gasteiger charge is 2.20. The van der Waals surface area contributed by atoms with E-state index < -0.39 is 10.0 Å². The minimum atomic E-state index is -3.63. The molecule has 2 heterocycles. The molecule has 0 amide bonds. The first-order chi connectivity index (χ1) is 12.5. The Morgan fingerprint density at radius 3 is 2.41 bits per heavy atom. The van der Waals surface area contributed by atoms with Crippen LogP contribution in [0.5, 0.6) is 0 Å². The molecule has 27 heavy (non-hydrogen) atoms. The molecular weight excluding hydrogens is 386 g/mol. The maximum absolute atomic E-state index is 12.7. The van der Waals surface area contributed by atoms with Gasteiger partial charge in [0.25, 0.3) is 10.0 Å². The molecule has 1 aromatic heterocycles. The molecule has 1 aliphatic heterocycles. The monoisotopic (exact) mass is 407 g/mol. The summed E-state index contributed by atoms with van der Waals surface area (Å²) in [6, 6.07) is 13.9. The Labute approximate surface area is 165 Å². The summed E-state index contributed by atoms with van der Waals surface area (Å²) >= 11 is 0. The quantitative estimate of drug-likeness (QED) is 0.718. The van der Waals surface area contributed by atoms with Gasteiger partial charge < -0.3 is 14.2 Å². The fourth-order valence-corrected chi connectivity index (χ4v) is 4.28. The van der Waals surface area contributed by atoms with Crippen LogP contribution in [0.25, 0.3) is 11.0 Å². The Morgan fingerprint density at radius 2 is 1.70 bits per heavy atom. The van der Waals surface area contributed by atoms with Crippen LogP contribution in [0.4, 0.5) is 11.4 Å². The van der Waals surface area contributed by atoms with Crippen molar-refractivity contribution in [1.82, 2.24) is 4.90 Å². The lowest BCUT2D eigenvalue weighted by Gasteiger charge is -2.34. The Kier molecular flexibility index (Phi) is 5.64. The molecule has 0 atom stereocenters. The summed E-state index contributed by atoms with van der Waals surface area (Å²) in [6.07, 6.45) is 1.64. The molecule has 0 spiro atoms. The highest BCUT2D eigenvalue weighted by molar-refractivity contribution is 7.92. The number of fused-ring (bicyclic) bond motifs is 1. The van der Waals surface area contributed by atoms with Crippen LogP contribution >= 0.6 is 12.4 Å². The summed E-state index contributed by atoms with van der Waals surface area (Å²) in [7, 11) is -1.53. The third-order valence-corrected chi connectivity index (χ3v) is 6.08. The van der Waals surface area contributed by atoms with Crippen LogP contribution in [0.3, 0.4) is 0 Å². The van der Waals surface area contributed by atoms with Crippen LogP contribution in [-0.4, -0.2) is 46.5 Å². The van der Waals surface area contributed by atoms with Gasteiger partial charge in [0, 0.05) is 31.6 Å². The van der Waals surface area contributed by atoms with Gasteiger partial charge in [0.2, 0.25) is 0 Å². The number of rotatable bonds is 4. The molecule has 4 rings (SSSR count). The Balaban J connectivity index is 0.00000210. The molecule has 0 unspecified atom stereocenters. The lowest BCUT2D eigenvalue weighted by atomic mass is 10.1. The topological polar surface area (TPSA) is 65.8 Å². The Hall–Kier alpha value is -2.22. The number of halogens is 1. The largest absolute Gasteiger partial charge is 0.462 e. The Morgan fingerprint density at radius 1 is 1.00 bits per heavy atom. The van der Waals surface area contributed by atoms with Gasteiger partial charge in [-0.2, -0.15) is 0 Å². The van der Waals surface area contributed by atoms with E-state index in [-0.39, 0.29) is 17.3 Å². The maximum atomic E-state index is 12.7. The van der Waals surface area contributed by atoms with Crippen molar-refractivity contribution >= 4 is 44.8 Å². The molecule has 2 aromatic carbocycles. The van der Waals surface area contributed by atoms with E-state index in [2.05, 4.69) is 21.6 Å². The van der Waals surface area contributed by atoms with E-state index >= 15 is 0 Å². The number of likely N-dealkylation sites (N-methyl/N-ethyl adjacent to an activating group) is 1. The number of hydrogen-bond acceptors (Lipinski definition) is 5. The molecular formula is C19H22ClN3O3S. The summed E-state index contributed by atoms with van der Waals surface area (Å²) in [5.41, 5.74) is 2.25. The van der Waals surface area contributed by atoms with Crippen molar-refractivity contribution in [2.24, 2.45) is 0 Å². The molecule has 1 fully saturated rings. The average molecular weight is 408 g/mol. The number of benzene rings is 2. The van der Waals surface area contributed by atoms with Crippen molar-refractivity contribution in [2.45, 2.75) is 4.90 Å². The molecule has 144 valence electrons. The number of sulfonamides is 1. The van der Waals surface area contributed by atoms with Gasteiger partial charge in [-0.25, -0.2) is 8.42 Å². The number of hydrogen-bond donors (Lipinski definition) is 1. The second-order valence-electron chi connectivity index (χ2n) is 6.54. The molecule has 3 aromatic rings. The predicted octanol–water partition coefficient (Wildman–Crippen LogP) is 3.41. The number of piperazine rings is 1. The maximum Gasteiger partial charge on any atom is 0.261 e. The van der Waals surface area contributed by atoms with Gasteiger partial charge in [-0.05, 0) is 37.4 Å². The smallest absolute Gasteiger partial charge is 0.261 e. The first-order valence-corrected chi connectivity index (χ1v) is 10.0. The van der Waals surface area contributed by atoms with Crippen molar-refractivity contribution < 1.29 is 12.8 Å². The van der Waals surface area contributed by atoms with Crippen molar-refractivity contribution in [3.05, 3.63) is 54.8 Å². The zero-order valence-electron chi connectivity index (χ0n) is 15.0. The molecule has 0 radical (unpaired) electrons. The van der Waals surface area contributed by atoms with Gasteiger partial charge in [-0.15, -0.1) is 12.4 Å². The highest BCUT2D eigenvalue weighted by atomic mass is 35.5. The predicted molar refractivity (Wildman–Crippen MR) is 110 cm³/mol. The molecule has 1 N–H and O–H groups in total. The standard InChI is InChI=1S/C19H21N3O3S.ClH/c1-21-8-10-22(11-9-21)18-14-16(13-15-7-12-25-19(15)18)20-26(23,24)17-5-3-2-4-6-17;/h2-7,12-14,20H,8-11H2,1H3;1H. The summed E-state index contributed by atoms with van der Waals surface area (Å²) in [5, 5.41) is 0.882. The number of anilines is 2. The second kappa shape index (κ2) is 7.80. The SMILES string of the molecule is CN1CCN(c2cc(NS(=O)(=O)c3ccccc3)cc3ccoc23)CC1.Cl. The zero-order valence-corrected chi connectivity index (χ0v) is 16.6. The number of nitrogens with one attached hydrogen (secondary N) is 1. The van der Waals surface area contributed by atoms with Crippen molar-refractivity contribution in [3.8, 4) is 0 Å². The molecule has 1 aliphatic rings. The lowest BCUT2D eigenvalue weighted by molar-refractivity contribution is 0.313. The van der Waals surface area contributed by atoms with E-state index in [1.165, 1.54) is 0 Å². The summed E-state index contributed by atoms with van der Waals surface area (Å²) in [4.78, 5) is 4.76. The van der Waals surface area contributed by atoms with Crippen LogP contribution in [0.1, 0.15) is 0 Å². The molecule has 0 bridgehead atoms. The molecule has 0 saturated carbocycles. The van der Waals surface area contributed by atoms with Crippen LogP contribution in [0, 0.1) is 0 Å². The normalized spacial score (nSPS) is 15.5. The van der Waals surface area contributed by atoms with Crippen molar-refractivity contribution in [1.29, 1.82) is 0 Å². The van der Waals surface area contributed by atoms with Crippen LogP contribution in [0.2, 0.25) is 0 Å². The van der Waals surface area contributed by atoms with E-state index in [0.717, 1.165) is 42.8 Å². The molecule has 0 aliphatic carbocycles. The average Bonchev–Trinajstić information content (AvgIpc) is 3.11. The van der Waals surface area contributed by atoms with Crippen molar-refractivity contribution in [2.75, 3.05) is 42.8 Å². The molecule has 6 nitrogen and oxygen atoms in total. The van der Waals surface area contributed by atoms with Crippen LogP contribution in [-0.2, 0) is 10.0 Å². The van der Waals surface area contributed by atoms with Gasteiger partial charge >= 0.3 is 0 Å². The first kappa shape index (κ1) is 19.5.